The van der Waals surface area contributed by atoms with Gasteiger partial charge in [-0.05, 0) is 24.1 Å². The molecule has 3 amide bonds. The lowest BCUT2D eigenvalue weighted by Gasteiger charge is -2.07. The second-order valence-electron chi connectivity index (χ2n) is 4.27. The van der Waals surface area contributed by atoms with Gasteiger partial charge in [-0.3, -0.25) is 14.9 Å². The van der Waals surface area contributed by atoms with E-state index in [4.69, 9.17) is 16.3 Å². The largest absolute Gasteiger partial charge is 0.455 e. The van der Waals surface area contributed by atoms with Crippen molar-refractivity contribution in [3.8, 4) is 0 Å². The molecule has 0 radical (unpaired) electrons. The monoisotopic (exact) mass is 312 g/mol. The standard InChI is InChI=1S/C14H17ClN2O4/c1-2-7-16-14(20)17-12(18)9-21-13(19)8-10-3-5-11(15)6-4-10/h3-6H,2,7-9H2,1H3,(H2,16,17,18,20). The summed E-state index contributed by atoms with van der Waals surface area (Å²) in [7, 11) is 0. The fraction of sp³-hybridized carbons (Fsp3) is 0.357. The van der Waals surface area contributed by atoms with E-state index in [0.717, 1.165) is 12.0 Å². The molecular formula is C14H17ClN2O4. The predicted molar refractivity (Wildman–Crippen MR) is 77.9 cm³/mol. The molecule has 114 valence electrons. The molecule has 0 saturated carbocycles. The first kappa shape index (κ1) is 17.0. The summed E-state index contributed by atoms with van der Waals surface area (Å²) in [4.78, 5) is 34.1. The van der Waals surface area contributed by atoms with E-state index in [1.807, 2.05) is 6.92 Å². The molecule has 7 heteroatoms. The molecule has 0 saturated heterocycles. The molecule has 0 heterocycles. The zero-order valence-electron chi connectivity index (χ0n) is 11.6. The molecule has 6 nitrogen and oxygen atoms in total. The Hall–Kier alpha value is -2.08. The summed E-state index contributed by atoms with van der Waals surface area (Å²) in [5, 5.41) is 5.10. The number of imide groups is 1. The number of nitrogens with one attached hydrogen (secondary N) is 2. The van der Waals surface area contributed by atoms with Crippen molar-refractivity contribution in [1.29, 1.82) is 0 Å². The van der Waals surface area contributed by atoms with E-state index in [9.17, 15) is 14.4 Å². The van der Waals surface area contributed by atoms with E-state index in [1.165, 1.54) is 0 Å². The number of halogens is 1. The lowest BCUT2D eigenvalue weighted by Crippen LogP contribution is -2.41. The van der Waals surface area contributed by atoms with Crippen LogP contribution >= 0.6 is 11.6 Å². The Bertz CT molecular complexity index is 502. The minimum atomic E-state index is -0.673. The minimum Gasteiger partial charge on any atom is -0.455 e. The maximum absolute atomic E-state index is 11.5. The third-order valence-corrected chi connectivity index (χ3v) is 2.67. The van der Waals surface area contributed by atoms with E-state index in [2.05, 4.69) is 10.6 Å². The molecule has 1 rings (SSSR count). The zero-order valence-corrected chi connectivity index (χ0v) is 12.4. The Kier molecular flexibility index (Phi) is 7.25. The number of urea groups is 1. The van der Waals surface area contributed by atoms with Crippen LogP contribution in [0.2, 0.25) is 5.02 Å². The van der Waals surface area contributed by atoms with Crippen LogP contribution in [-0.2, 0) is 20.7 Å². The Balaban J connectivity index is 2.27. The summed E-state index contributed by atoms with van der Waals surface area (Å²) >= 11 is 5.73. The summed E-state index contributed by atoms with van der Waals surface area (Å²) in [5.74, 6) is -1.23. The highest BCUT2D eigenvalue weighted by atomic mass is 35.5. The van der Waals surface area contributed by atoms with Crippen LogP contribution in [0.15, 0.2) is 24.3 Å². The lowest BCUT2D eigenvalue weighted by molar-refractivity contribution is -0.147. The second-order valence-corrected chi connectivity index (χ2v) is 4.70. The van der Waals surface area contributed by atoms with Crippen molar-refractivity contribution in [1.82, 2.24) is 10.6 Å². The maximum atomic E-state index is 11.5. The van der Waals surface area contributed by atoms with Gasteiger partial charge in [0.1, 0.15) is 0 Å². The molecule has 1 aromatic rings. The highest BCUT2D eigenvalue weighted by molar-refractivity contribution is 6.30. The van der Waals surface area contributed by atoms with Crippen LogP contribution in [0.5, 0.6) is 0 Å². The van der Waals surface area contributed by atoms with Gasteiger partial charge in [0.15, 0.2) is 6.61 Å². The second kappa shape index (κ2) is 8.97. The molecule has 0 atom stereocenters. The third kappa shape index (κ3) is 7.31. The van der Waals surface area contributed by atoms with Crippen molar-refractivity contribution >= 4 is 29.5 Å². The summed E-state index contributed by atoms with van der Waals surface area (Å²) in [5.41, 5.74) is 0.727. The highest BCUT2D eigenvalue weighted by Crippen LogP contribution is 2.10. The minimum absolute atomic E-state index is 0.0342. The molecule has 0 unspecified atom stereocenters. The first-order valence-electron chi connectivity index (χ1n) is 6.49. The van der Waals surface area contributed by atoms with Crippen LogP contribution in [0.1, 0.15) is 18.9 Å². The molecule has 0 spiro atoms. The van der Waals surface area contributed by atoms with Gasteiger partial charge < -0.3 is 10.1 Å². The fourth-order valence-corrected chi connectivity index (χ4v) is 1.54. The van der Waals surface area contributed by atoms with E-state index < -0.39 is 24.5 Å². The molecule has 1 aromatic carbocycles. The summed E-state index contributed by atoms with van der Waals surface area (Å²) in [6, 6.07) is 6.11. The molecule has 0 fully saturated rings. The number of hydrogen-bond donors (Lipinski definition) is 2. The van der Waals surface area contributed by atoms with Gasteiger partial charge in [0.25, 0.3) is 5.91 Å². The number of hydrogen-bond acceptors (Lipinski definition) is 4. The van der Waals surface area contributed by atoms with Gasteiger partial charge in [-0.2, -0.15) is 0 Å². The van der Waals surface area contributed by atoms with Crippen LogP contribution in [0, 0.1) is 0 Å². The van der Waals surface area contributed by atoms with E-state index in [-0.39, 0.29) is 6.42 Å². The number of carbonyl (C=O) groups is 3. The van der Waals surface area contributed by atoms with Crippen LogP contribution in [0.4, 0.5) is 4.79 Å². The lowest BCUT2D eigenvalue weighted by atomic mass is 10.1. The van der Waals surface area contributed by atoms with Gasteiger partial charge in [0.05, 0.1) is 6.42 Å². The Labute approximate surface area is 127 Å². The number of rotatable bonds is 6. The third-order valence-electron chi connectivity index (χ3n) is 2.41. The molecule has 0 bridgehead atoms. The fourth-order valence-electron chi connectivity index (χ4n) is 1.41. The summed E-state index contributed by atoms with van der Waals surface area (Å²) in [6.45, 7) is 1.86. The number of amides is 3. The quantitative estimate of drug-likeness (QED) is 0.782. The number of carbonyl (C=O) groups excluding carboxylic acids is 3. The maximum Gasteiger partial charge on any atom is 0.321 e. The van der Waals surface area contributed by atoms with Gasteiger partial charge in [-0.15, -0.1) is 0 Å². The number of ether oxygens (including phenoxy) is 1. The van der Waals surface area contributed by atoms with Gasteiger partial charge >= 0.3 is 12.0 Å². The topological polar surface area (TPSA) is 84.5 Å². The molecular weight excluding hydrogens is 296 g/mol. The average Bonchev–Trinajstić information content (AvgIpc) is 2.45. The van der Waals surface area contributed by atoms with Gasteiger partial charge in [-0.25, -0.2) is 4.79 Å². The smallest absolute Gasteiger partial charge is 0.321 e. The van der Waals surface area contributed by atoms with Crippen LogP contribution in [-0.4, -0.2) is 31.1 Å². The normalized spacial score (nSPS) is 9.81. The molecule has 21 heavy (non-hydrogen) atoms. The van der Waals surface area contributed by atoms with Crippen molar-refractivity contribution in [2.24, 2.45) is 0 Å². The number of benzene rings is 1. The molecule has 0 aromatic heterocycles. The van der Waals surface area contributed by atoms with Gasteiger partial charge in [-0.1, -0.05) is 30.7 Å². The summed E-state index contributed by atoms with van der Waals surface area (Å²) in [6.07, 6.45) is 0.796. The van der Waals surface area contributed by atoms with E-state index >= 15 is 0 Å². The Morgan fingerprint density at radius 1 is 1.19 bits per heavy atom. The van der Waals surface area contributed by atoms with Crippen LogP contribution < -0.4 is 10.6 Å². The van der Waals surface area contributed by atoms with Crippen molar-refractivity contribution in [3.63, 3.8) is 0 Å². The van der Waals surface area contributed by atoms with E-state index in [0.29, 0.717) is 11.6 Å². The van der Waals surface area contributed by atoms with Gasteiger partial charge in [0.2, 0.25) is 0 Å². The van der Waals surface area contributed by atoms with Crippen molar-refractivity contribution in [2.75, 3.05) is 13.2 Å². The molecule has 0 aliphatic rings. The SMILES string of the molecule is CCCNC(=O)NC(=O)COC(=O)Cc1ccc(Cl)cc1. The molecule has 0 aliphatic carbocycles. The van der Waals surface area contributed by atoms with Gasteiger partial charge in [0, 0.05) is 11.6 Å². The first-order chi connectivity index (χ1) is 10.0. The van der Waals surface area contributed by atoms with E-state index in [1.54, 1.807) is 24.3 Å². The summed E-state index contributed by atoms with van der Waals surface area (Å²) < 4.78 is 4.78. The highest BCUT2D eigenvalue weighted by Gasteiger charge is 2.11. The van der Waals surface area contributed by atoms with Crippen molar-refractivity contribution < 1.29 is 19.1 Å². The van der Waals surface area contributed by atoms with Crippen molar-refractivity contribution in [3.05, 3.63) is 34.9 Å². The zero-order chi connectivity index (χ0) is 15.7. The molecule has 0 aliphatic heterocycles. The molecule has 2 N–H and O–H groups in total. The van der Waals surface area contributed by atoms with Crippen LogP contribution in [0.3, 0.4) is 0 Å². The Morgan fingerprint density at radius 2 is 1.86 bits per heavy atom. The first-order valence-corrected chi connectivity index (χ1v) is 6.86. The average molecular weight is 313 g/mol. The Morgan fingerprint density at radius 3 is 2.48 bits per heavy atom. The van der Waals surface area contributed by atoms with Crippen molar-refractivity contribution in [2.45, 2.75) is 19.8 Å². The van der Waals surface area contributed by atoms with Crippen LogP contribution in [0.25, 0.3) is 0 Å². The predicted octanol–water partition coefficient (Wildman–Crippen LogP) is 1.66. The number of esters is 1.